The highest BCUT2D eigenvalue weighted by Crippen LogP contribution is 2.21. The molecule has 142 valence electrons. The van der Waals surface area contributed by atoms with Gasteiger partial charge in [-0.15, -0.1) is 0 Å². The quantitative estimate of drug-likeness (QED) is 0.434. The number of rotatable bonds is 7. The molecule has 0 aliphatic carbocycles. The number of carbonyl (C=O) groups excluding carboxylic acids is 2. The van der Waals surface area contributed by atoms with Gasteiger partial charge in [-0.2, -0.15) is 0 Å². The van der Waals surface area contributed by atoms with Crippen molar-refractivity contribution in [3.8, 4) is 0 Å². The number of amides is 1. The van der Waals surface area contributed by atoms with E-state index >= 15 is 0 Å². The number of hydrogen-bond donors (Lipinski definition) is 1. The van der Waals surface area contributed by atoms with E-state index in [-0.39, 0.29) is 18.6 Å². The van der Waals surface area contributed by atoms with E-state index in [4.69, 9.17) is 9.15 Å². The van der Waals surface area contributed by atoms with Crippen molar-refractivity contribution in [2.75, 3.05) is 6.61 Å². The van der Waals surface area contributed by atoms with Crippen LogP contribution in [0.4, 0.5) is 0 Å². The van der Waals surface area contributed by atoms with E-state index in [1.807, 2.05) is 60.7 Å². The molecule has 5 nitrogen and oxygen atoms in total. The van der Waals surface area contributed by atoms with Crippen LogP contribution in [0.2, 0.25) is 0 Å². The molecule has 0 aliphatic heterocycles. The van der Waals surface area contributed by atoms with Gasteiger partial charge in [0.1, 0.15) is 5.76 Å². The summed E-state index contributed by atoms with van der Waals surface area (Å²) in [6.07, 6.45) is 2.69. The molecule has 3 rings (SSSR count). The Bertz CT molecular complexity index is 911. The molecular formula is C22H18BrNO4. The molecule has 1 aromatic heterocycles. The van der Waals surface area contributed by atoms with Crippen LogP contribution in [0.15, 0.2) is 88.0 Å². The summed E-state index contributed by atoms with van der Waals surface area (Å²) in [5.41, 5.74) is 1.88. The molecule has 3 aromatic rings. The van der Waals surface area contributed by atoms with E-state index < -0.39 is 5.97 Å². The number of nitrogens with one attached hydrogen (secondary N) is 1. The van der Waals surface area contributed by atoms with Gasteiger partial charge < -0.3 is 14.5 Å². The molecule has 0 spiro atoms. The summed E-state index contributed by atoms with van der Waals surface area (Å²) in [6, 6.07) is 22.3. The maximum Gasteiger partial charge on any atom is 0.331 e. The third-order valence-corrected chi connectivity index (χ3v) is 4.32. The van der Waals surface area contributed by atoms with Gasteiger partial charge in [0.2, 0.25) is 0 Å². The maximum absolute atomic E-state index is 12.3. The molecule has 0 saturated heterocycles. The van der Waals surface area contributed by atoms with Crippen molar-refractivity contribution >= 4 is 33.9 Å². The highest BCUT2D eigenvalue weighted by Gasteiger charge is 2.17. The molecule has 0 saturated carbocycles. The van der Waals surface area contributed by atoms with E-state index in [1.54, 1.807) is 12.1 Å². The Balaban J connectivity index is 1.59. The molecule has 1 heterocycles. The molecule has 1 N–H and O–H groups in total. The second-order valence-corrected chi connectivity index (χ2v) is 6.69. The van der Waals surface area contributed by atoms with Gasteiger partial charge in [0, 0.05) is 6.08 Å². The summed E-state index contributed by atoms with van der Waals surface area (Å²) in [4.78, 5) is 24.2. The van der Waals surface area contributed by atoms with Crippen LogP contribution < -0.4 is 5.32 Å². The van der Waals surface area contributed by atoms with Crippen LogP contribution in [-0.4, -0.2) is 18.5 Å². The number of hydrogen-bond acceptors (Lipinski definition) is 4. The summed E-state index contributed by atoms with van der Waals surface area (Å²) < 4.78 is 10.8. The number of ether oxygens (including phenoxy) is 1. The summed E-state index contributed by atoms with van der Waals surface area (Å²) in [7, 11) is 0. The topological polar surface area (TPSA) is 68.5 Å². The molecule has 0 bridgehead atoms. The van der Waals surface area contributed by atoms with Gasteiger partial charge >= 0.3 is 5.97 Å². The van der Waals surface area contributed by atoms with E-state index in [9.17, 15) is 9.59 Å². The molecule has 28 heavy (non-hydrogen) atoms. The SMILES string of the molecule is O=C(COC(=O)/C=C/c1ccc(Br)o1)NC(c1ccccc1)c1ccccc1. The second kappa shape index (κ2) is 9.71. The normalized spacial score (nSPS) is 10.9. The van der Waals surface area contributed by atoms with Gasteiger partial charge in [-0.1, -0.05) is 60.7 Å². The van der Waals surface area contributed by atoms with Crippen LogP contribution >= 0.6 is 15.9 Å². The lowest BCUT2D eigenvalue weighted by molar-refractivity contribution is -0.143. The van der Waals surface area contributed by atoms with Gasteiger partial charge in [-0.3, -0.25) is 4.79 Å². The third kappa shape index (κ3) is 5.69. The largest absolute Gasteiger partial charge is 0.452 e. The Labute approximate surface area is 171 Å². The molecule has 0 fully saturated rings. The Kier molecular flexibility index (Phi) is 6.81. The molecule has 0 unspecified atom stereocenters. The molecule has 0 radical (unpaired) electrons. The fourth-order valence-corrected chi connectivity index (χ4v) is 2.92. The Hall–Kier alpha value is -3.12. The van der Waals surface area contributed by atoms with E-state index in [1.165, 1.54) is 12.2 Å². The minimum atomic E-state index is -0.626. The zero-order chi connectivity index (χ0) is 19.8. The maximum atomic E-state index is 12.3. The summed E-state index contributed by atoms with van der Waals surface area (Å²) in [6.45, 7) is -0.374. The van der Waals surface area contributed by atoms with Crippen LogP contribution in [-0.2, 0) is 14.3 Å². The van der Waals surface area contributed by atoms with Gasteiger partial charge in [0.15, 0.2) is 11.3 Å². The first kappa shape index (κ1) is 19.6. The van der Waals surface area contributed by atoms with Crippen molar-refractivity contribution in [1.82, 2.24) is 5.32 Å². The summed E-state index contributed by atoms with van der Waals surface area (Å²) in [5.74, 6) is -0.514. The number of furan rings is 1. The average molecular weight is 440 g/mol. The molecule has 2 aromatic carbocycles. The zero-order valence-electron chi connectivity index (χ0n) is 14.9. The lowest BCUT2D eigenvalue weighted by atomic mass is 9.99. The van der Waals surface area contributed by atoms with Crippen molar-refractivity contribution in [3.63, 3.8) is 0 Å². The molecule has 0 aliphatic rings. The van der Waals surface area contributed by atoms with Crippen molar-refractivity contribution in [1.29, 1.82) is 0 Å². The molecule has 0 atom stereocenters. The van der Waals surface area contributed by atoms with Gasteiger partial charge in [-0.05, 0) is 45.3 Å². The lowest BCUT2D eigenvalue weighted by Gasteiger charge is -2.19. The zero-order valence-corrected chi connectivity index (χ0v) is 16.5. The van der Waals surface area contributed by atoms with Gasteiger partial charge in [0.05, 0.1) is 6.04 Å². The second-order valence-electron chi connectivity index (χ2n) is 5.90. The summed E-state index contributed by atoms with van der Waals surface area (Å²) >= 11 is 3.18. The minimum absolute atomic E-state index is 0.329. The van der Waals surface area contributed by atoms with Gasteiger partial charge in [0.25, 0.3) is 5.91 Å². The number of carbonyl (C=O) groups is 2. The fraction of sp³-hybridized carbons (Fsp3) is 0.0909. The van der Waals surface area contributed by atoms with Crippen LogP contribution in [0.3, 0.4) is 0 Å². The van der Waals surface area contributed by atoms with Crippen molar-refractivity contribution in [2.45, 2.75) is 6.04 Å². The third-order valence-electron chi connectivity index (χ3n) is 3.89. The number of esters is 1. The Morgan fingerprint density at radius 1 is 0.964 bits per heavy atom. The number of benzene rings is 2. The smallest absolute Gasteiger partial charge is 0.331 e. The minimum Gasteiger partial charge on any atom is -0.452 e. The Morgan fingerprint density at radius 2 is 1.57 bits per heavy atom. The van der Waals surface area contributed by atoms with E-state index in [0.717, 1.165) is 11.1 Å². The highest BCUT2D eigenvalue weighted by atomic mass is 79.9. The van der Waals surface area contributed by atoms with Crippen LogP contribution in [0.25, 0.3) is 6.08 Å². The first-order valence-corrected chi connectivity index (χ1v) is 9.40. The van der Waals surface area contributed by atoms with E-state index in [2.05, 4.69) is 21.2 Å². The van der Waals surface area contributed by atoms with Crippen LogP contribution in [0.5, 0.6) is 0 Å². The molecule has 1 amide bonds. The standard InChI is InChI=1S/C22H18BrNO4/c23-19-13-11-18(28-19)12-14-21(26)27-15-20(25)24-22(16-7-3-1-4-8-16)17-9-5-2-6-10-17/h1-14,22H,15H2,(H,24,25)/b14-12+. The van der Waals surface area contributed by atoms with Crippen LogP contribution in [0, 0.1) is 0 Å². The summed E-state index contributed by atoms with van der Waals surface area (Å²) in [5, 5.41) is 2.92. The first-order valence-electron chi connectivity index (χ1n) is 8.61. The van der Waals surface area contributed by atoms with Crippen LogP contribution in [0.1, 0.15) is 22.9 Å². The predicted molar refractivity (Wildman–Crippen MR) is 109 cm³/mol. The van der Waals surface area contributed by atoms with Gasteiger partial charge in [-0.25, -0.2) is 4.79 Å². The lowest BCUT2D eigenvalue weighted by Crippen LogP contribution is -2.32. The molecular weight excluding hydrogens is 422 g/mol. The first-order chi connectivity index (χ1) is 13.6. The average Bonchev–Trinajstić information content (AvgIpc) is 3.15. The highest BCUT2D eigenvalue weighted by molar-refractivity contribution is 9.10. The van der Waals surface area contributed by atoms with Crippen molar-refractivity contribution in [2.24, 2.45) is 0 Å². The molecule has 6 heteroatoms. The fourth-order valence-electron chi connectivity index (χ4n) is 2.61. The number of halogens is 1. The predicted octanol–water partition coefficient (Wildman–Crippen LogP) is 4.50. The Morgan fingerprint density at radius 3 is 2.11 bits per heavy atom. The van der Waals surface area contributed by atoms with Crippen molar-refractivity contribution in [3.05, 3.63) is 100 Å². The van der Waals surface area contributed by atoms with E-state index in [0.29, 0.717) is 10.4 Å². The van der Waals surface area contributed by atoms with Crippen molar-refractivity contribution < 1.29 is 18.7 Å². The monoisotopic (exact) mass is 439 g/mol.